The van der Waals surface area contributed by atoms with Crippen LogP contribution in [-0.4, -0.2) is 70.7 Å². The number of esters is 2. The number of carbonyl (C=O) groups is 2. The number of carbonyl (C=O) groups excluding carboxylic acids is 2. The van der Waals surface area contributed by atoms with E-state index in [9.17, 15) is 25.2 Å². The monoisotopic (exact) mass is 1170 g/mol. The normalized spacial score (nSPS) is 30.4. The molecule has 5 aromatic carbocycles. The third kappa shape index (κ3) is 9.80. The van der Waals surface area contributed by atoms with Crippen molar-refractivity contribution in [1.29, 1.82) is 0 Å². The van der Waals surface area contributed by atoms with Crippen LogP contribution in [0.25, 0.3) is 23.1 Å². The van der Waals surface area contributed by atoms with E-state index in [1.807, 2.05) is 6.92 Å². The number of aryl methyl sites for hydroxylation is 2. The highest BCUT2D eigenvalue weighted by molar-refractivity contribution is 5.91. The van der Waals surface area contributed by atoms with Crippen molar-refractivity contribution in [2.24, 2.45) is 29.6 Å². The highest BCUT2D eigenvalue weighted by atomic mass is 16.6. The van der Waals surface area contributed by atoms with Gasteiger partial charge in [0, 0.05) is 58.6 Å². The van der Waals surface area contributed by atoms with E-state index in [1.54, 1.807) is 19.1 Å². The van der Waals surface area contributed by atoms with Crippen LogP contribution in [0.3, 0.4) is 0 Å². The lowest BCUT2D eigenvalue weighted by atomic mass is 9.56. The molecule has 87 heavy (non-hydrogen) atoms. The Hall–Kier alpha value is -7.19. The molecule has 5 bridgehead atoms. The van der Waals surface area contributed by atoms with Gasteiger partial charge in [0.2, 0.25) is 0 Å². The first-order chi connectivity index (χ1) is 42.4. The van der Waals surface area contributed by atoms with Crippen molar-refractivity contribution in [3.8, 4) is 5.75 Å². The minimum atomic E-state index is -1.41. The van der Waals surface area contributed by atoms with Gasteiger partial charge in [-0.3, -0.25) is 4.79 Å². The Morgan fingerprint density at radius 2 is 1.62 bits per heavy atom. The number of allylic oxidation sites excluding steroid dienone is 4. The van der Waals surface area contributed by atoms with Gasteiger partial charge in [0.25, 0.3) is 0 Å². The van der Waals surface area contributed by atoms with Crippen molar-refractivity contribution in [1.82, 2.24) is 0 Å². The number of fused-ring (bicyclic) bond motifs is 14. The smallest absolute Gasteiger partial charge is 0.340 e. The molecule has 4 N–H and O–H groups in total. The Morgan fingerprint density at radius 3 is 2.46 bits per heavy atom. The summed E-state index contributed by atoms with van der Waals surface area (Å²) in [7, 11) is 0. The van der Waals surface area contributed by atoms with Crippen LogP contribution >= 0.6 is 0 Å². The molecule has 14 rings (SSSR count). The summed E-state index contributed by atoms with van der Waals surface area (Å²) >= 11 is 0. The maximum absolute atomic E-state index is 15.9. The van der Waals surface area contributed by atoms with Crippen LogP contribution in [-0.2, 0) is 48.7 Å². The second-order valence-corrected chi connectivity index (χ2v) is 26.3. The summed E-state index contributed by atoms with van der Waals surface area (Å²) in [5.41, 5.74) is 9.98. The van der Waals surface area contributed by atoms with Gasteiger partial charge in [-0.15, -0.1) is 0 Å². The molecule has 1 aromatic heterocycles. The quantitative estimate of drug-likeness (QED) is 0.0335. The minimum Gasteiger partial charge on any atom is -0.483 e. The first-order valence-electron chi connectivity index (χ1n) is 31.8. The lowest BCUT2D eigenvalue weighted by molar-refractivity contribution is -0.202. The average molecular weight is 1170 g/mol. The SMILES string of the molecule is CC(CO)=C1CCc2ccc3cc2CCC2C4C=Cc5ccccc5C4CC2C2(C)Oc4ccc5c(CO)c(C(CCO)COCO)c(=O)oc5c4C(OC(=O)CC4CC(c5cccc(C67CCCCC6C=Cc6ccccc67)c5)C=CC34)C2OC1=O. The predicted octanol–water partition coefficient (Wildman–Crippen LogP) is 12.7. The molecule has 0 spiro atoms. The second kappa shape index (κ2) is 23.4. The summed E-state index contributed by atoms with van der Waals surface area (Å²) in [6.45, 7) is 1.67. The molecule has 2 fully saturated rings. The Kier molecular flexibility index (Phi) is 15.5. The van der Waals surface area contributed by atoms with E-state index < -0.39 is 54.7 Å². The van der Waals surface area contributed by atoms with Crippen LogP contribution in [0.1, 0.15) is 175 Å². The molecule has 13 unspecified atom stereocenters. The number of rotatable bonds is 10. The van der Waals surface area contributed by atoms with E-state index in [4.69, 9.17) is 23.4 Å². The van der Waals surface area contributed by atoms with Gasteiger partial charge in [0.1, 0.15) is 18.1 Å². The third-order valence-corrected chi connectivity index (χ3v) is 22.0. The van der Waals surface area contributed by atoms with Crippen LogP contribution < -0.4 is 10.4 Å². The molecule has 5 aliphatic carbocycles. The largest absolute Gasteiger partial charge is 0.483 e. The fraction of sp³-hybridized carbons (Fsp3) is 0.427. The van der Waals surface area contributed by atoms with Gasteiger partial charge in [-0.05, 0) is 175 Å². The van der Waals surface area contributed by atoms with E-state index in [1.165, 1.54) is 39.8 Å². The van der Waals surface area contributed by atoms with E-state index in [-0.39, 0.29) is 114 Å². The van der Waals surface area contributed by atoms with Crippen molar-refractivity contribution < 1.29 is 53.4 Å². The van der Waals surface area contributed by atoms with Gasteiger partial charge in [0.05, 0.1) is 25.4 Å². The highest BCUT2D eigenvalue weighted by Gasteiger charge is 2.62. The van der Waals surface area contributed by atoms with Crippen molar-refractivity contribution in [3.05, 3.63) is 216 Å². The molecule has 13 atom stereocenters. The lowest BCUT2D eigenvalue weighted by Gasteiger charge is -2.50. The Balaban J connectivity index is 0.953. The summed E-state index contributed by atoms with van der Waals surface area (Å²) in [6, 6.07) is 36.9. The zero-order valence-corrected chi connectivity index (χ0v) is 49.7. The second-order valence-electron chi connectivity index (χ2n) is 26.3. The van der Waals surface area contributed by atoms with Crippen molar-refractivity contribution in [2.75, 3.05) is 26.6 Å². The van der Waals surface area contributed by atoms with Crippen molar-refractivity contribution in [3.63, 3.8) is 0 Å². The predicted molar refractivity (Wildman–Crippen MR) is 332 cm³/mol. The van der Waals surface area contributed by atoms with Gasteiger partial charge in [-0.25, -0.2) is 9.59 Å². The molecule has 450 valence electrons. The summed E-state index contributed by atoms with van der Waals surface area (Å²) in [6.07, 6.45) is 19.5. The zero-order valence-electron chi connectivity index (χ0n) is 49.7. The Bertz CT molecular complexity index is 3870. The van der Waals surface area contributed by atoms with Gasteiger partial charge < -0.3 is 43.8 Å². The summed E-state index contributed by atoms with van der Waals surface area (Å²) in [5.74, 6) is -1.87. The molecule has 0 saturated heterocycles. The summed E-state index contributed by atoms with van der Waals surface area (Å²) in [4.78, 5) is 46.2. The first-order valence-corrected chi connectivity index (χ1v) is 31.8. The molecule has 0 amide bonds. The molecule has 0 radical (unpaired) electrons. The Labute approximate surface area is 508 Å². The molecular weight excluding hydrogens is 1090 g/mol. The highest BCUT2D eigenvalue weighted by Crippen LogP contribution is 2.61. The van der Waals surface area contributed by atoms with E-state index in [2.05, 4.69) is 127 Å². The van der Waals surface area contributed by atoms with Crippen molar-refractivity contribution in [2.45, 2.75) is 144 Å². The van der Waals surface area contributed by atoms with E-state index in [0.717, 1.165) is 48.8 Å². The standard InChI is InChI=1S/C75H78O12/c1-43(39-77)55-25-20-44-17-18-50-34-48(44)23-28-59-58-27-21-45-10-3-5-15-57(45)61(58)38-64(59)74(2)71(86-72(55)81)70(68-65(87-74)30-29-60-62(40-78)67(73(82)85-69(60)68)51(31-33-76)41-83-42-79)84-66(80)37-52-35-49(22-26-56(50)52)47-12-9-14-54(36-47)75-32-8-7-13-53(75)24-19-46-11-4-6-16-63(46)75/h3-6,9-12,14-19,21-22,24,26-27,29-30,34,36,49,51-53,56,58-59,61,64,70-71,76-79H,7-8,13,20,23,25,28,31-33,35,37-42H2,1-2H3. The van der Waals surface area contributed by atoms with Gasteiger partial charge in [-0.1, -0.05) is 140 Å². The molecule has 2 saturated carbocycles. The maximum atomic E-state index is 15.9. The topological polar surface area (TPSA) is 182 Å². The van der Waals surface area contributed by atoms with Crippen LogP contribution in [0, 0.1) is 29.6 Å². The first kappa shape index (κ1) is 57.5. The number of hydrogen-bond acceptors (Lipinski definition) is 12. The molecule has 8 aliphatic rings. The molecule has 4 heterocycles. The third-order valence-electron chi connectivity index (χ3n) is 22.0. The molecular formula is C75H78O12. The fourth-order valence-corrected chi connectivity index (χ4v) is 17.8. The van der Waals surface area contributed by atoms with Crippen LogP contribution in [0.2, 0.25) is 0 Å². The fourth-order valence-electron chi connectivity index (χ4n) is 17.8. The maximum Gasteiger partial charge on any atom is 0.340 e. The molecule has 3 aliphatic heterocycles. The number of aliphatic hydroxyl groups is 4. The van der Waals surface area contributed by atoms with Crippen LogP contribution in [0.15, 0.2) is 148 Å². The van der Waals surface area contributed by atoms with Crippen molar-refractivity contribution >= 4 is 35.1 Å². The van der Waals surface area contributed by atoms with Crippen LogP contribution in [0.4, 0.5) is 0 Å². The van der Waals surface area contributed by atoms with Crippen LogP contribution in [0.5, 0.6) is 5.75 Å². The Morgan fingerprint density at radius 1 is 0.782 bits per heavy atom. The zero-order chi connectivity index (χ0) is 59.7. The number of ether oxygens (including phenoxy) is 4. The number of aliphatic hydroxyl groups excluding tert-OH is 4. The summed E-state index contributed by atoms with van der Waals surface area (Å²) < 4.78 is 33.6. The molecule has 6 aromatic rings. The van der Waals surface area contributed by atoms with E-state index >= 15 is 9.59 Å². The van der Waals surface area contributed by atoms with Gasteiger partial charge >= 0.3 is 17.6 Å². The minimum absolute atomic E-state index is 0.00100. The van der Waals surface area contributed by atoms with Gasteiger partial charge in [0.15, 0.2) is 17.8 Å². The number of benzene rings is 5. The molecule has 12 nitrogen and oxygen atoms in total. The van der Waals surface area contributed by atoms with Gasteiger partial charge in [-0.2, -0.15) is 0 Å². The number of hydrogen-bond donors (Lipinski definition) is 4. The molecule has 12 heteroatoms. The lowest BCUT2D eigenvalue weighted by Crippen LogP contribution is -2.59. The van der Waals surface area contributed by atoms with E-state index in [0.29, 0.717) is 41.7 Å². The average Bonchev–Trinajstić information content (AvgIpc) is 1.80. The summed E-state index contributed by atoms with van der Waals surface area (Å²) in [5, 5.41) is 42.4.